The van der Waals surface area contributed by atoms with Gasteiger partial charge in [0, 0.05) is 12.0 Å². The number of hydrogen-bond acceptors (Lipinski definition) is 5. The van der Waals surface area contributed by atoms with Crippen LogP contribution in [0.1, 0.15) is 51.9 Å². The first-order chi connectivity index (χ1) is 14.7. The quantitative estimate of drug-likeness (QED) is 0.316. The molecule has 0 amide bonds. The molecule has 0 N–H and O–H groups in total. The van der Waals surface area contributed by atoms with E-state index in [1.807, 2.05) is 30.3 Å². The Morgan fingerprint density at radius 1 is 0.968 bits per heavy atom. The summed E-state index contributed by atoms with van der Waals surface area (Å²) in [5.74, 6) is 0.530. The first kappa shape index (κ1) is 23.7. The van der Waals surface area contributed by atoms with E-state index >= 15 is 0 Å². The Hall–Kier alpha value is -0.473. The highest BCUT2D eigenvalue weighted by molar-refractivity contribution is 6.74. The maximum atomic E-state index is 6.88. The minimum absolute atomic E-state index is 0.00147. The first-order valence-electron chi connectivity index (χ1n) is 11.5. The Morgan fingerprint density at radius 3 is 2.35 bits per heavy atom. The van der Waals surface area contributed by atoms with Crippen molar-refractivity contribution in [1.82, 2.24) is 0 Å². The normalized spacial score (nSPS) is 36.5. The van der Waals surface area contributed by atoms with Crippen LogP contribution < -0.4 is 0 Å². The molecule has 1 aromatic carbocycles. The van der Waals surface area contributed by atoms with Crippen molar-refractivity contribution in [2.45, 2.75) is 101 Å². The second kappa shape index (κ2) is 9.41. The highest BCUT2D eigenvalue weighted by atomic mass is 35.5. The molecule has 0 spiro atoms. The largest absolute Gasteiger partial charge is 0.411 e. The monoisotopic (exact) mass is 468 g/mol. The van der Waals surface area contributed by atoms with Crippen LogP contribution in [0.5, 0.6) is 0 Å². The number of hydrogen-bond donors (Lipinski definition) is 0. The second-order valence-corrected chi connectivity index (χ2v) is 15.6. The number of rotatable bonds is 6. The van der Waals surface area contributed by atoms with E-state index in [1.54, 1.807) is 0 Å². The van der Waals surface area contributed by atoms with Crippen molar-refractivity contribution in [3.63, 3.8) is 0 Å². The van der Waals surface area contributed by atoms with Crippen LogP contribution in [0.25, 0.3) is 0 Å². The number of benzene rings is 1. The zero-order valence-electron chi connectivity index (χ0n) is 19.4. The van der Waals surface area contributed by atoms with E-state index < -0.39 is 8.32 Å². The molecule has 174 valence electrons. The van der Waals surface area contributed by atoms with Crippen LogP contribution in [-0.4, -0.2) is 57.4 Å². The average molecular weight is 469 g/mol. The molecule has 0 radical (unpaired) electrons. The highest BCUT2D eigenvalue weighted by Crippen LogP contribution is 2.42. The fourth-order valence-corrected chi connectivity index (χ4v) is 5.87. The SMILES string of the molecule is CC(C)(C)[Si](C)(C)O[C@@H]1CC[C@@H]2O[C@H](c3ccccc3)OC[C@H]2O[C@H]1C[C@H]1O[C@@H]1CCl. The van der Waals surface area contributed by atoms with Crippen molar-refractivity contribution in [3.05, 3.63) is 35.9 Å². The molecule has 0 aliphatic carbocycles. The van der Waals surface area contributed by atoms with Gasteiger partial charge >= 0.3 is 0 Å². The zero-order valence-corrected chi connectivity index (χ0v) is 21.1. The number of fused-ring (bicyclic) bond motifs is 1. The van der Waals surface area contributed by atoms with Gasteiger partial charge in [0.2, 0.25) is 0 Å². The zero-order chi connectivity index (χ0) is 22.2. The molecule has 7 atom stereocenters. The van der Waals surface area contributed by atoms with E-state index in [0.717, 1.165) is 24.8 Å². The Labute approximate surface area is 192 Å². The molecule has 0 aromatic heterocycles. The fraction of sp³-hybridized carbons (Fsp3) is 0.750. The molecule has 31 heavy (non-hydrogen) atoms. The Kier molecular flexibility index (Phi) is 7.19. The molecule has 3 saturated heterocycles. The van der Waals surface area contributed by atoms with Crippen molar-refractivity contribution in [3.8, 4) is 0 Å². The molecule has 7 heteroatoms. The standard InChI is InChI=1S/C24H37ClO5Si/c1-24(2,3)31(4,5)30-18-12-11-17-22(28-19(18)13-20-21(14-25)27-20)15-26-23(29-17)16-9-7-6-8-10-16/h6-10,17-23H,11-15H2,1-5H3/t17-,18+,19-,20+,21+,22+,23+/m0/s1. The number of alkyl halides is 1. The smallest absolute Gasteiger partial charge is 0.192 e. The summed E-state index contributed by atoms with van der Waals surface area (Å²) >= 11 is 6.00. The van der Waals surface area contributed by atoms with Crippen LogP contribution in [-0.2, 0) is 23.4 Å². The van der Waals surface area contributed by atoms with E-state index in [4.69, 9.17) is 35.0 Å². The van der Waals surface area contributed by atoms with Crippen LogP contribution in [0.15, 0.2) is 30.3 Å². The minimum Gasteiger partial charge on any atom is -0.411 e. The maximum absolute atomic E-state index is 6.88. The van der Waals surface area contributed by atoms with Crippen molar-refractivity contribution >= 4 is 19.9 Å². The molecule has 3 aliphatic heterocycles. The fourth-order valence-electron chi connectivity index (χ4n) is 4.22. The lowest BCUT2D eigenvalue weighted by molar-refractivity contribution is -0.270. The lowest BCUT2D eigenvalue weighted by atomic mass is 10.0. The molecule has 5 nitrogen and oxygen atoms in total. The Bertz CT molecular complexity index is 724. The molecule has 0 saturated carbocycles. The van der Waals surface area contributed by atoms with Crippen LogP contribution in [0.3, 0.4) is 0 Å². The molecule has 3 heterocycles. The first-order valence-corrected chi connectivity index (χ1v) is 15.0. The summed E-state index contributed by atoms with van der Waals surface area (Å²) in [4.78, 5) is 0. The molecular weight excluding hydrogens is 432 g/mol. The van der Waals surface area contributed by atoms with Gasteiger partial charge in [-0.1, -0.05) is 51.1 Å². The van der Waals surface area contributed by atoms with Gasteiger partial charge in [-0.05, 0) is 31.0 Å². The molecule has 4 rings (SSSR count). The van der Waals surface area contributed by atoms with Gasteiger partial charge in [-0.3, -0.25) is 0 Å². The predicted octanol–water partition coefficient (Wildman–Crippen LogP) is 5.43. The van der Waals surface area contributed by atoms with E-state index in [1.165, 1.54) is 0 Å². The maximum Gasteiger partial charge on any atom is 0.192 e. The highest BCUT2D eigenvalue weighted by Gasteiger charge is 2.48. The molecule has 0 unspecified atom stereocenters. The molecule has 0 bridgehead atoms. The third-order valence-electron chi connectivity index (χ3n) is 7.25. The van der Waals surface area contributed by atoms with E-state index in [-0.39, 0.29) is 48.0 Å². The molecule has 3 fully saturated rings. The predicted molar refractivity (Wildman–Crippen MR) is 124 cm³/mol. The van der Waals surface area contributed by atoms with Gasteiger partial charge in [0.05, 0.1) is 43.0 Å². The van der Waals surface area contributed by atoms with E-state index in [9.17, 15) is 0 Å². The molecule has 1 aromatic rings. The van der Waals surface area contributed by atoms with Crippen molar-refractivity contribution in [1.29, 1.82) is 0 Å². The lowest BCUT2D eigenvalue weighted by Crippen LogP contribution is -2.48. The summed E-state index contributed by atoms with van der Waals surface area (Å²) < 4.78 is 31.7. The summed E-state index contributed by atoms with van der Waals surface area (Å²) in [6, 6.07) is 10.1. The summed E-state index contributed by atoms with van der Waals surface area (Å²) in [6.07, 6.45) is 2.48. The van der Waals surface area contributed by atoms with Crippen LogP contribution in [0, 0.1) is 0 Å². The van der Waals surface area contributed by atoms with E-state index in [0.29, 0.717) is 12.5 Å². The second-order valence-electron chi connectivity index (χ2n) is 10.6. The number of halogens is 1. The van der Waals surface area contributed by atoms with Crippen LogP contribution in [0.4, 0.5) is 0 Å². The number of epoxide rings is 1. The van der Waals surface area contributed by atoms with Gasteiger partial charge in [-0.15, -0.1) is 11.6 Å². The third kappa shape index (κ3) is 5.54. The van der Waals surface area contributed by atoms with Gasteiger partial charge in [0.15, 0.2) is 14.6 Å². The van der Waals surface area contributed by atoms with Crippen LogP contribution in [0.2, 0.25) is 18.1 Å². The third-order valence-corrected chi connectivity index (χ3v) is 12.1. The van der Waals surface area contributed by atoms with Gasteiger partial charge in [-0.2, -0.15) is 0 Å². The topological polar surface area (TPSA) is 49.5 Å². The van der Waals surface area contributed by atoms with Gasteiger partial charge in [0.25, 0.3) is 0 Å². The summed E-state index contributed by atoms with van der Waals surface area (Å²) in [7, 11) is -1.95. The lowest BCUT2D eigenvalue weighted by Gasteiger charge is -2.41. The summed E-state index contributed by atoms with van der Waals surface area (Å²) in [6.45, 7) is 12.0. The van der Waals surface area contributed by atoms with Crippen molar-refractivity contribution < 1.29 is 23.4 Å². The Morgan fingerprint density at radius 2 is 1.71 bits per heavy atom. The van der Waals surface area contributed by atoms with Gasteiger partial charge in [0.1, 0.15) is 6.10 Å². The number of ether oxygens (including phenoxy) is 4. The van der Waals surface area contributed by atoms with Crippen LogP contribution >= 0.6 is 11.6 Å². The molecule has 3 aliphatic rings. The minimum atomic E-state index is -1.95. The van der Waals surface area contributed by atoms with Crippen molar-refractivity contribution in [2.75, 3.05) is 12.5 Å². The summed E-state index contributed by atoms with van der Waals surface area (Å²) in [5.41, 5.74) is 1.05. The molecular formula is C24H37ClO5Si. The summed E-state index contributed by atoms with van der Waals surface area (Å²) in [5, 5.41) is 0.142. The van der Waals surface area contributed by atoms with Gasteiger partial charge < -0.3 is 23.4 Å². The average Bonchev–Trinajstić information content (AvgIpc) is 3.51. The van der Waals surface area contributed by atoms with E-state index in [2.05, 4.69) is 33.9 Å². The van der Waals surface area contributed by atoms with Crippen molar-refractivity contribution in [2.24, 2.45) is 0 Å². The van der Waals surface area contributed by atoms with Gasteiger partial charge in [-0.25, -0.2) is 0 Å². The Balaban J connectivity index is 1.48.